The average molecular weight is 415 g/mol. The van der Waals surface area contributed by atoms with Crippen LogP contribution in [0.1, 0.15) is 111 Å². The van der Waals surface area contributed by atoms with Crippen LogP contribution < -0.4 is 0 Å². The number of hydrogen-bond acceptors (Lipinski definition) is 0. The summed E-state index contributed by atoms with van der Waals surface area (Å²) in [6.07, 6.45) is 12.8. The second-order valence-corrected chi connectivity index (χ2v) is 8.92. The summed E-state index contributed by atoms with van der Waals surface area (Å²) in [4.78, 5) is 0. The number of benzene rings is 1. The molecule has 0 amide bonds. The van der Waals surface area contributed by atoms with Crippen molar-refractivity contribution in [2.24, 2.45) is 17.8 Å². The second kappa shape index (κ2) is 21.0. The van der Waals surface area contributed by atoms with E-state index in [1.165, 1.54) is 69.8 Å². The predicted molar refractivity (Wildman–Crippen MR) is 141 cm³/mol. The van der Waals surface area contributed by atoms with Crippen molar-refractivity contribution in [2.75, 3.05) is 0 Å². The fraction of sp³-hybridized carbons (Fsp3) is 0.667. The van der Waals surface area contributed by atoms with Crippen LogP contribution >= 0.6 is 0 Å². The zero-order valence-corrected chi connectivity index (χ0v) is 21.7. The molecular weight excluding hydrogens is 360 g/mol. The van der Waals surface area contributed by atoms with Gasteiger partial charge in [-0.25, -0.2) is 0 Å². The molecule has 1 aromatic rings. The Kier molecular flexibility index (Phi) is 21.6. The van der Waals surface area contributed by atoms with Gasteiger partial charge in [0.05, 0.1) is 0 Å². The van der Waals surface area contributed by atoms with Crippen LogP contribution in [0.2, 0.25) is 0 Å². The van der Waals surface area contributed by atoms with Crippen molar-refractivity contribution in [3.63, 3.8) is 0 Å². The lowest BCUT2D eigenvalue weighted by Gasteiger charge is -2.23. The van der Waals surface area contributed by atoms with Crippen molar-refractivity contribution in [3.8, 4) is 0 Å². The van der Waals surface area contributed by atoms with Gasteiger partial charge in [0.1, 0.15) is 0 Å². The van der Waals surface area contributed by atoms with E-state index in [0.29, 0.717) is 5.92 Å². The van der Waals surface area contributed by atoms with Gasteiger partial charge in [-0.2, -0.15) is 0 Å². The first-order chi connectivity index (χ1) is 14.4. The van der Waals surface area contributed by atoms with Gasteiger partial charge in [0.2, 0.25) is 0 Å². The lowest BCUT2D eigenvalue weighted by molar-refractivity contribution is 0.336. The SMILES string of the molecule is C=C.C=C(CC[C@H](C)C(C)CCC)C1CCCc2ccccc2C1.CCC.CCC. The molecule has 0 fully saturated rings. The zero-order valence-electron chi connectivity index (χ0n) is 21.7. The fourth-order valence-corrected chi connectivity index (χ4v) is 3.90. The minimum Gasteiger partial charge on any atom is -0.106 e. The molecule has 0 aromatic heterocycles. The highest BCUT2D eigenvalue weighted by molar-refractivity contribution is 5.30. The molecule has 2 unspecified atom stereocenters. The van der Waals surface area contributed by atoms with Gasteiger partial charge in [0, 0.05) is 0 Å². The molecule has 0 aliphatic heterocycles. The van der Waals surface area contributed by atoms with Crippen LogP contribution in [-0.4, -0.2) is 0 Å². The molecule has 0 bridgehead atoms. The molecule has 0 spiro atoms. The van der Waals surface area contributed by atoms with Crippen molar-refractivity contribution < 1.29 is 0 Å². The van der Waals surface area contributed by atoms with Crippen molar-refractivity contribution >= 4 is 0 Å². The molecular formula is C30H54. The van der Waals surface area contributed by atoms with Crippen LogP contribution in [0, 0.1) is 17.8 Å². The van der Waals surface area contributed by atoms with E-state index in [1.54, 1.807) is 11.1 Å². The van der Waals surface area contributed by atoms with Gasteiger partial charge in [-0.15, -0.1) is 13.2 Å². The number of hydrogen-bond donors (Lipinski definition) is 0. The molecule has 0 saturated heterocycles. The van der Waals surface area contributed by atoms with Gasteiger partial charge in [-0.05, 0) is 67.4 Å². The summed E-state index contributed by atoms with van der Waals surface area (Å²) in [7, 11) is 0. The van der Waals surface area contributed by atoms with Crippen LogP contribution in [-0.2, 0) is 12.8 Å². The van der Waals surface area contributed by atoms with Gasteiger partial charge in [-0.3, -0.25) is 0 Å². The summed E-state index contributed by atoms with van der Waals surface area (Å²) in [6, 6.07) is 9.02. The average Bonchev–Trinajstić information content (AvgIpc) is 2.97. The number of fused-ring (bicyclic) bond motifs is 1. The first-order valence-corrected chi connectivity index (χ1v) is 12.7. The molecule has 0 N–H and O–H groups in total. The minimum absolute atomic E-state index is 0.706. The standard InChI is InChI=1S/C22H34.2C3H8.C2H4/c1-5-9-17(2)18(3)14-15-19(4)21-13-8-12-20-10-6-7-11-22(20)16-21;2*1-3-2;1-2/h6-7,10-11,17-18,21H,4-5,8-9,12-16H2,1-3H3;2*3H2,1-2H3;1-2H2/t17?,18-,21?;;;/m0.../s1. The van der Waals surface area contributed by atoms with E-state index in [-0.39, 0.29) is 0 Å². The van der Waals surface area contributed by atoms with E-state index in [1.807, 2.05) is 0 Å². The number of allylic oxidation sites excluding steroid dienone is 1. The highest BCUT2D eigenvalue weighted by atomic mass is 14.2. The highest BCUT2D eigenvalue weighted by Gasteiger charge is 2.20. The lowest BCUT2D eigenvalue weighted by Crippen LogP contribution is -2.11. The molecule has 3 atom stereocenters. The molecule has 1 aromatic carbocycles. The largest absolute Gasteiger partial charge is 0.106 e. The summed E-state index contributed by atoms with van der Waals surface area (Å²) in [5.41, 5.74) is 4.65. The van der Waals surface area contributed by atoms with Crippen LogP contribution in [0.3, 0.4) is 0 Å². The first kappa shape index (κ1) is 30.9. The Morgan fingerprint density at radius 3 is 1.93 bits per heavy atom. The Balaban J connectivity index is 0. The smallest absolute Gasteiger partial charge is 0.0165 e. The molecule has 0 heteroatoms. The quantitative estimate of drug-likeness (QED) is 0.307. The maximum atomic E-state index is 4.47. The summed E-state index contributed by atoms with van der Waals surface area (Å²) in [5.74, 6) is 2.39. The number of aryl methyl sites for hydroxylation is 1. The van der Waals surface area contributed by atoms with Gasteiger partial charge >= 0.3 is 0 Å². The van der Waals surface area contributed by atoms with E-state index in [9.17, 15) is 0 Å². The Labute approximate surface area is 191 Å². The van der Waals surface area contributed by atoms with Crippen LogP contribution in [0.5, 0.6) is 0 Å². The van der Waals surface area contributed by atoms with E-state index in [4.69, 9.17) is 0 Å². The summed E-state index contributed by atoms with van der Waals surface area (Å²) < 4.78 is 0. The normalized spacial score (nSPS) is 16.6. The van der Waals surface area contributed by atoms with Crippen molar-refractivity contribution in [2.45, 2.75) is 113 Å². The van der Waals surface area contributed by atoms with Crippen molar-refractivity contribution in [1.82, 2.24) is 0 Å². The monoisotopic (exact) mass is 414 g/mol. The molecule has 0 saturated carbocycles. The maximum absolute atomic E-state index is 4.47. The first-order valence-electron chi connectivity index (χ1n) is 12.7. The Bertz CT molecular complexity index is 511. The highest BCUT2D eigenvalue weighted by Crippen LogP contribution is 2.32. The third kappa shape index (κ3) is 13.8. The van der Waals surface area contributed by atoms with E-state index in [2.05, 4.69) is 92.5 Å². The Hall–Kier alpha value is -1.30. The Morgan fingerprint density at radius 2 is 1.40 bits per heavy atom. The van der Waals surface area contributed by atoms with Gasteiger partial charge < -0.3 is 0 Å². The minimum atomic E-state index is 0.706. The number of rotatable bonds is 7. The molecule has 2 rings (SSSR count). The van der Waals surface area contributed by atoms with E-state index < -0.39 is 0 Å². The second-order valence-electron chi connectivity index (χ2n) is 8.92. The van der Waals surface area contributed by atoms with Gasteiger partial charge in [0.15, 0.2) is 0 Å². The summed E-state index contributed by atoms with van der Waals surface area (Å²) in [6.45, 7) is 26.1. The molecule has 0 nitrogen and oxygen atoms in total. The molecule has 0 heterocycles. The molecule has 30 heavy (non-hydrogen) atoms. The molecule has 174 valence electrons. The summed E-state index contributed by atoms with van der Waals surface area (Å²) in [5, 5.41) is 0. The third-order valence-corrected chi connectivity index (χ3v) is 5.80. The van der Waals surface area contributed by atoms with Crippen molar-refractivity contribution in [1.29, 1.82) is 0 Å². The van der Waals surface area contributed by atoms with Gasteiger partial charge in [-0.1, -0.05) is 111 Å². The Morgan fingerprint density at radius 1 is 0.900 bits per heavy atom. The molecule has 0 radical (unpaired) electrons. The molecule has 1 aliphatic carbocycles. The lowest BCUT2D eigenvalue weighted by atomic mass is 9.83. The third-order valence-electron chi connectivity index (χ3n) is 5.80. The van der Waals surface area contributed by atoms with Gasteiger partial charge in [0.25, 0.3) is 0 Å². The summed E-state index contributed by atoms with van der Waals surface area (Å²) >= 11 is 0. The zero-order chi connectivity index (χ0) is 23.4. The van der Waals surface area contributed by atoms with E-state index in [0.717, 1.165) is 11.8 Å². The predicted octanol–water partition coefficient (Wildman–Crippen LogP) is 10.2. The topological polar surface area (TPSA) is 0 Å². The molecule has 1 aliphatic rings. The maximum Gasteiger partial charge on any atom is -0.0165 e. The van der Waals surface area contributed by atoms with E-state index >= 15 is 0 Å². The van der Waals surface area contributed by atoms with Crippen molar-refractivity contribution in [3.05, 3.63) is 60.7 Å². The van der Waals surface area contributed by atoms with Crippen LogP contribution in [0.15, 0.2) is 49.6 Å². The van der Waals surface area contributed by atoms with Crippen LogP contribution in [0.4, 0.5) is 0 Å². The van der Waals surface area contributed by atoms with Crippen LogP contribution in [0.25, 0.3) is 0 Å². The fourth-order valence-electron chi connectivity index (χ4n) is 3.90.